The molecule has 0 spiro atoms. The standard InChI is InChI=1S/C16H15BrO3S/c1-19-10-7-11(17)15(12(8-10)20-2)16(18)14-6-9-4-3-5-13(9)21-14/h6-8H,3-5H2,1-2H3. The average Bonchev–Trinajstić information content (AvgIpc) is 3.06. The fraction of sp³-hybridized carbons (Fsp3) is 0.312. The van der Waals surface area contributed by atoms with Gasteiger partial charge in [0.05, 0.1) is 24.7 Å². The smallest absolute Gasteiger partial charge is 0.207 e. The molecular formula is C16H15BrO3S. The fourth-order valence-electron chi connectivity index (χ4n) is 2.62. The van der Waals surface area contributed by atoms with Gasteiger partial charge in [-0.2, -0.15) is 0 Å². The van der Waals surface area contributed by atoms with Gasteiger partial charge in [-0.1, -0.05) is 0 Å². The summed E-state index contributed by atoms with van der Waals surface area (Å²) in [5, 5.41) is 0. The second-order valence-corrected chi connectivity index (χ2v) is 6.92. The van der Waals surface area contributed by atoms with E-state index < -0.39 is 0 Å². The van der Waals surface area contributed by atoms with Crippen LogP contribution in [0.4, 0.5) is 0 Å². The Bertz CT molecular complexity index is 684. The first-order valence-corrected chi connectivity index (χ1v) is 8.32. The van der Waals surface area contributed by atoms with Crippen LogP contribution in [0.25, 0.3) is 0 Å². The summed E-state index contributed by atoms with van der Waals surface area (Å²) >= 11 is 5.06. The van der Waals surface area contributed by atoms with Crippen molar-refractivity contribution >= 4 is 33.0 Å². The molecule has 0 fully saturated rings. The molecule has 0 saturated heterocycles. The second kappa shape index (κ2) is 5.81. The number of aryl methyl sites for hydroxylation is 2. The van der Waals surface area contributed by atoms with Crippen molar-refractivity contribution in [3.63, 3.8) is 0 Å². The van der Waals surface area contributed by atoms with E-state index in [4.69, 9.17) is 9.47 Å². The molecule has 0 atom stereocenters. The molecule has 2 aromatic rings. The van der Waals surface area contributed by atoms with Gasteiger partial charge in [-0.25, -0.2) is 0 Å². The lowest BCUT2D eigenvalue weighted by Crippen LogP contribution is -2.04. The highest BCUT2D eigenvalue weighted by Gasteiger charge is 2.24. The zero-order valence-electron chi connectivity index (χ0n) is 11.9. The van der Waals surface area contributed by atoms with E-state index in [0.29, 0.717) is 21.5 Å². The Morgan fingerprint density at radius 3 is 2.67 bits per heavy atom. The van der Waals surface area contributed by atoms with Gasteiger partial charge in [-0.3, -0.25) is 4.79 Å². The van der Waals surface area contributed by atoms with Crippen LogP contribution >= 0.6 is 27.3 Å². The molecule has 110 valence electrons. The van der Waals surface area contributed by atoms with Crippen LogP contribution in [0.2, 0.25) is 0 Å². The Balaban J connectivity index is 2.04. The van der Waals surface area contributed by atoms with Crippen LogP contribution < -0.4 is 9.47 Å². The molecule has 1 heterocycles. The third kappa shape index (κ3) is 2.60. The van der Waals surface area contributed by atoms with E-state index in [0.717, 1.165) is 17.7 Å². The minimum absolute atomic E-state index is 0.000720. The normalized spacial score (nSPS) is 13.1. The van der Waals surface area contributed by atoms with Gasteiger partial charge in [0.15, 0.2) is 0 Å². The van der Waals surface area contributed by atoms with Gasteiger partial charge in [-0.15, -0.1) is 11.3 Å². The maximum Gasteiger partial charge on any atom is 0.207 e. The van der Waals surface area contributed by atoms with Crippen molar-refractivity contribution < 1.29 is 14.3 Å². The van der Waals surface area contributed by atoms with Crippen molar-refractivity contribution in [3.8, 4) is 11.5 Å². The Morgan fingerprint density at radius 2 is 2.00 bits per heavy atom. The van der Waals surface area contributed by atoms with Crippen molar-refractivity contribution in [2.75, 3.05) is 14.2 Å². The van der Waals surface area contributed by atoms with Crippen molar-refractivity contribution in [2.45, 2.75) is 19.3 Å². The molecule has 3 rings (SSSR count). The number of fused-ring (bicyclic) bond motifs is 1. The summed E-state index contributed by atoms with van der Waals surface area (Å²) in [7, 11) is 3.15. The van der Waals surface area contributed by atoms with E-state index in [1.165, 1.54) is 16.9 Å². The Labute approximate surface area is 136 Å². The average molecular weight is 367 g/mol. The first kappa shape index (κ1) is 14.6. The minimum atomic E-state index is 0.000720. The molecule has 1 aromatic carbocycles. The largest absolute Gasteiger partial charge is 0.497 e. The van der Waals surface area contributed by atoms with E-state index in [2.05, 4.69) is 15.9 Å². The van der Waals surface area contributed by atoms with Crippen molar-refractivity contribution in [1.82, 2.24) is 0 Å². The SMILES string of the molecule is COc1cc(Br)c(C(=O)c2cc3c(s2)CCC3)c(OC)c1. The monoisotopic (exact) mass is 366 g/mol. The number of benzene rings is 1. The number of halogens is 1. The van der Waals surface area contributed by atoms with E-state index in [1.807, 2.05) is 6.07 Å². The van der Waals surface area contributed by atoms with Crippen molar-refractivity contribution in [3.05, 3.63) is 43.6 Å². The third-order valence-electron chi connectivity index (χ3n) is 3.68. The number of methoxy groups -OCH3 is 2. The summed E-state index contributed by atoms with van der Waals surface area (Å²) in [5.74, 6) is 1.18. The molecule has 0 saturated carbocycles. The van der Waals surface area contributed by atoms with Crippen molar-refractivity contribution in [2.24, 2.45) is 0 Å². The molecule has 1 aliphatic carbocycles. The number of ether oxygens (including phenoxy) is 2. The van der Waals surface area contributed by atoms with Crippen LogP contribution in [-0.2, 0) is 12.8 Å². The van der Waals surface area contributed by atoms with Gasteiger partial charge in [-0.05, 0) is 52.9 Å². The minimum Gasteiger partial charge on any atom is -0.497 e. The van der Waals surface area contributed by atoms with Crippen LogP contribution in [-0.4, -0.2) is 20.0 Å². The zero-order valence-corrected chi connectivity index (χ0v) is 14.3. The van der Waals surface area contributed by atoms with Gasteiger partial charge < -0.3 is 9.47 Å². The summed E-state index contributed by atoms with van der Waals surface area (Å²) < 4.78 is 11.3. The molecule has 0 bridgehead atoms. The zero-order chi connectivity index (χ0) is 15.0. The fourth-order valence-corrected chi connectivity index (χ4v) is 4.42. The summed E-state index contributed by atoms with van der Waals surface area (Å²) in [6, 6.07) is 5.56. The summed E-state index contributed by atoms with van der Waals surface area (Å²) in [4.78, 5) is 14.9. The first-order chi connectivity index (χ1) is 10.1. The molecule has 1 aromatic heterocycles. The molecule has 5 heteroatoms. The van der Waals surface area contributed by atoms with Crippen LogP contribution in [0.5, 0.6) is 11.5 Å². The molecule has 3 nitrogen and oxygen atoms in total. The van der Waals surface area contributed by atoms with Gasteiger partial charge in [0.1, 0.15) is 11.5 Å². The molecule has 0 N–H and O–H groups in total. The topological polar surface area (TPSA) is 35.5 Å². The Morgan fingerprint density at radius 1 is 1.19 bits per heavy atom. The predicted molar refractivity (Wildman–Crippen MR) is 87.0 cm³/mol. The van der Waals surface area contributed by atoms with E-state index in [-0.39, 0.29) is 5.78 Å². The predicted octanol–water partition coefficient (Wildman–Crippen LogP) is 4.25. The lowest BCUT2D eigenvalue weighted by molar-refractivity contribution is 0.103. The second-order valence-electron chi connectivity index (χ2n) is 4.93. The highest BCUT2D eigenvalue weighted by molar-refractivity contribution is 9.10. The van der Waals surface area contributed by atoms with Gasteiger partial charge in [0, 0.05) is 15.4 Å². The van der Waals surface area contributed by atoms with Gasteiger partial charge >= 0.3 is 0 Å². The molecule has 21 heavy (non-hydrogen) atoms. The van der Waals surface area contributed by atoms with Crippen LogP contribution in [0, 0.1) is 0 Å². The maximum atomic E-state index is 12.8. The van der Waals surface area contributed by atoms with E-state index in [9.17, 15) is 4.79 Å². The maximum absolute atomic E-state index is 12.8. The lowest BCUT2D eigenvalue weighted by atomic mass is 10.1. The molecule has 0 radical (unpaired) electrons. The number of ketones is 1. The molecule has 1 aliphatic rings. The van der Waals surface area contributed by atoms with Crippen LogP contribution in [0.15, 0.2) is 22.7 Å². The number of hydrogen-bond acceptors (Lipinski definition) is 4. The summed E-state index contributed by atoms with van der Waals surface area (Å²) in [6.45, 7) is 0. The molecule has 0 unspecified atom stereocenters. The number of hydrogen-bond donors (Lipinski definition) is 0. The van der Waals surface area contributed by atoms with Gasteiger partial charge in [0.25, 0.3) is 0 Å². The van der Waals surface area contributed by atoms with Crippen LogP contribution in [0.3, 0.4) is 0 Å². The van der Waals surface area contributed by atoms with Gasteiger partial charge in [0.2, 0.25) is 5.78 Å². The number of carbonyl (C=O) groups is 1. The highest BCUT2D eigenvalue weighted by atomic mass is 79.9. The molecule has 0 amide bonds. The molecule has 0 aliphatic heterocycles. The summed E-state index contributed by atoms with van der Waals surface area (Å²) in [5.41, 5.74) is 1.88. The van der Waals surface area contributed by atoms with E-state index >= 15 is 0 Å². The lowest BCUT2D eigenvalue weighted by Gasteiger charge is -2.11. The number of carbonyl (C=O) groups excluding carboxylic acids is 1. The van der Waals surface area contributed by atoms with Crippen molar-refractivity contribution in [1.29, 1.82) is 0 Å². The number of rotatable bonds is 4. The first-order valence-electron chi connectivity index (χ1n) is 6.72. The van der Waals surface area contributed by atoms with E-state index in [1.54, 1.807) is 37.7 Å². The highest BCUT2D eigenvalue weighted by Crippen LogP contribution is 2.37. The Hall–Kier alpha value is -1.33. The number of thiophene rings is 1. The quantitative estimate of drug-likeness (QED) is 0.758. The molecular weight excluding hydrogens is 352 g/mol. The Kier molecular flexibility index (Phi) is 4.04. The van der Waals surface area contributed by atoms with Crippen LogP contribution in [0.1, 0.15) is 32.1 Å². The third-order valence-corrected chi connectivity index (χ3v) is 5.54. The summed E-state index contributed by atoms with van der Waals surface area (Å²) in [6.07, 6.45) is 3.37.